The molecule has 0 radical (unpaired) electrons. The third-order valence-electron chi connectivity index (χ3n) is 3.16. The Labute approximate surface area is 101 Å². The van der Waals surface area contributed by atoms with Crippen molar-refractivity contribution >= 4 is 6.09 Å². The predicted octanol–water partition coefficient (Wildman–Crippen LogP) is 1.54. The molecule has 2 saturated heterocycles. The topological polar surface area (TPSA) is 62.6 Å². The van der Waals surface area contributed by atoms with Crippen LogP contribution in [0.25, 0.3) is 0 Å². The van der Waals surface area contributed by atoms with Crippen LogP contribution in [0.3, 0.4) is 0 Å². The van der Waals surface area contributed by atoms with Crippen molar-refractivity contribution in [3.8, 4) is 6.07 Å². The summed E-state index contributed by atoms with van der Waals surface area (Å²) in [6, 6.07) is 2.26. The molecular formula is C12H18N2O3. The highest BCUT2D eigenvalue weighted by Gasteiger charge is 2.55. The van der Waals surface area contributed by atoms with Crippen molar-refractivity contribution in [2.24, 2.45) is 5.92 Å². The second-order valence-corrected chi connectivity index (χ2v) is 5.72. The molecule has 2 aliphatic heterocycles. The van der Waals surface area contributed by atoms with E-state index >= 15 is 0 Å². The van der Waals surface area contributed by atoms with E-state index in [1.807, 2.05) is 20.8 Å². The largest absolute Gasteiger partial charge is 0.444 e. The minimum atomic E-state index is -0.481. The average Bonchev–Trinajstić information content (AvgIpc) is 2.55. The van der Waals surface area contributed by atoms with Crippen LogP contribution < -0.4 is 0 Å². The summed E-state index contributed by atoms with van der Waals surface area (Å²) in [7, 11) is 0. The number of likely N-dealkylation sites (tertiary alicyclic amines) is 1. The summed E-state index contributed by atoms with van der Waals surface area (Å²) >= 11 is 0. The Bertz CT molecular complexity index is 361. The van der Waals surface area contributed by atoms with Crippen LogP contribution in [0.1, 0.15) is 27.2 Å². The normalized spacial score (nSPS) is 26.5. The van der Waals surface area contributed by atoms with Gasteiger partial charge in [-0.15, -0.1) is 0 Å². The van der Waals surface area contributed by atoms with Crippen LogP contribution in [-0.2, 0) is 9.47 Å². The summed E-state index contributed by atoms with van der Waals surface area (Å²) in [6.07, 6.45) is 0.439. The standard InChI is InChI=1S/C12H18N2O3/c1-11(2,3)17-10(15)14-7-12(8-14)9(6-13)4-5-16-12/h9H,4-5,7-8H2,1-3H3. The number of carbonyl (C=O) groups is 1. The summed E-state index contributed by atoms with van der Waals surface area (Å²) in [5.74, 6) is -0.0961. The van der Waals surface area contributed by atoms with Crippen LogP contribution in [-0.4, -0.2) is 41.9 Å². The van der Waals surface area contributed by atoms with Gasteiger partial charge in [0.25, 0.3) is 0 Å². The highest BCUT2D eigenvalue weighted by atomic mass is 16.6. The van der Waals surface area contributed by atoms with Gasteiger partial charge in [0, 0.05) is 6.61 Å². The Balaban J connectivity index is 1.91. The first-order valence-corrected chi connectivity index (χ1v) is 5.88. The minimum absolute atomic E-state index is 0.0961. The summed E-state index contributed by atoms with van der Waals surface area (Å²) in [4.78, 5) is 13.3. The molecular weight excluding hydrogens is 220 g/mol. The molecule has 2 aliphatic rings. The van der Waals surface area contributed by atoms with Crippen molar-refractivity contribution in [3.05, 3.63) is 0 Å². The van der Waals surface area contributed by atoms with Crippen LogP contribution in [0.15, 0.2) is 0 Å². The van der Waals surface area contributed by atoms with Crippen LogP contribution in [0.4, 0.5) is 4.79 Å². The summed E-state index contributed by atoms with van der Waals surface area (Å²) in [5, 5.41) is 9.01. The molecule has 17 heavy (non-hydrogen) atoms. The molecule has 2 heterocycles. The van der Waals surface area contributed by atoms with Gasteiger partial charge < -0.3 is 14.4 Å². The fourth-order valence-corrected chi connectivity index (χ4v) is 2.29. The first-order valence-electron chi connectivity index (χ1n) is 5.88. The predicted molar refractivity (Wildman–Crippen MR) is 60.2 cm³/mol. The number of nitriles is 1. The molecule has 5 heteroatoms. The molecule has 5 nitrogen and oxygen atoms in total. The minimum Gasteiger partial charge on any atom is -0.444 e. The zero-order chi connectivity index (χ0) is 12.7. The molecule has 2 fully saturated rings. The number of ether oxygens (including phenoxy) is 2. The van der Waals surface area contributed by atoms with Gasteiger partial charge in [0.05, 0.1) is 25.1 Å². The van der Waals surface area contributed by atoms with Crippen molar-refractivity contribution in [2.45, 2.75) is 38.4 Å². The molecule has 0 aromatic heterocycles. The zero-order valence-corrected chi connectivity index (χ0v) is 10.5. The zero-order valence-electron chi connectivity index (χ0n) is 10.5. The van der Waals surface area contributed by atoms with E-state index in [1.54, 1.807) is 4.90 Å². The van der Waals surface area contributed by atoms with Gasteiger partial charge in [-0.1, -0.05) is 0 Å². The molecule has 94 valence electrons. The van der Waals surface area contributed by atoms with Gasteiger partial charge in [0.2, 0.25) is 0 Å². The number of hydrogen-bond donors (Lipinski definition) is 0. The van der Waals surface area contributed by atoms with Crippen LogP contribution in [0.2, 0.25) is 0 Å². The van der Waals surface area contributed by atoms with Crippen molar-refractivity contribution in [3.63, 3.8) is 0 Å². The van der Waals surface area contributed by atoms with Crippen molar-refractivity contribution in [1.82, 2.24) is 4.90 Å². The van der Waals surface area contributed by atoms with E-state index in [9.17, 15) is 4.79 Å². The molecule has 0 aromatic carbocycles. The summed E-state index contributed by atoms with van der Waals surface area (Å²) in [5.41, 5.74) is -0.906. The number of hydrogen-bond acceptors (Lipinski definition) is 4. The Kier molecular flexibility index (Phi) is 2.78. The molecule has 0 bridgehead atoms. The molecule has 1 atom stereocenters. The second kappa shape index (κ2) is 3.88. The van der Waals surface area contributed by atoms with E-state index in [2.05, 4.69) is 6.07 Å². The van der Waals surface area contributed by atoms with Crippen LogP contribution in [0, 0.1) is 17.2 Å². The van der Waals surface area contributed by atoms with Gasteiger partial charge in [-0.3, -0.25) is 0 Å². The maximum absolute atomic E-state index is 11.7. The van der Waals surface area contributed by atoms with Crippen molar-refractivity contribution in [2.75, 3.05) is 19.7 Å². The van der Waals surface area contributed by atoms with Crippen LogP contribution >= 0.6 is 0 Å². The maximum Gasteiger partial charge on any atom is 0.410 e. The van der Waals surface area contributed by atoms with Gasteiger partial charge in [-0.25, -0.2) is 4.79 Å². The Morgan fingerprint density at radius 2 is 2.18 bits per heavy atom. The van der Waals surface area contributed by atoms with Crippen molar-refractivity contribution < 1.29 is 14.3 Å². The number of nitrogens with zero attached hydrogens (tertiary/aromatic N) is 2. The lowest BCUT2D eigenvalue weighted by Crippen LogP contribution is -2.66. The van der Waals surface area contributed by atoms with Gasteiger partial charge in [0.1, 0.15) is 11.2 Å². The first-order chi connectivity index (χ1) is 7.86. The fourth-order valence-electron chi connectivity index (χ4n) is 2.29. The molecule has 0 aromatic rings. The second-order valence-electron chi connectivity index (χ2n) is 5.72. The van der Waals surface area contributed by atoms with E-state index in [0.29, 0.717) is 19.7 Å². The Morgan fingerprint density at radius 1 is 1.53 bits per heavy atom. The highest BCUT2D eigenvalue weighted by Crippen LogP contribution is 2.39. The lowest BCUT2D eigenvalue weighted by Gasteiger charge is -2.48. The monoisotopic (exact) mass is 238 g/mol. The molecule has 2 rings (SSSR count). The van der Waals surface area contributed by atoms with Gasteiger partial charge >= 0.3 is 6.09 Å². The van der Waals surface area contributed by atoms with E-state index in [0.717, 1.165) is 6.42 Å². The fraction of sp³-hybridized carbons (Fsp3) is 0.833. The molecule has 1 unspecified atom stereocenters. The lowest BCUT2D eigenvalue weighted by molar-refractivity contribution is -0.120. The maximum atomic E-state index is 11.7. The number of amides is 1. The van der Waals surface area contributed by atoms with E-state index in [-0.39, 0.29) is 12.0 Å². The number of rotatable bonds is 0. The van der Waals surface area contributed by atoms with Gasteiger partial charge in [-0.2, -0.15) is 5.26 Å². The van der Waals surface area contributed by atoms with Crippen molar-refractivity contribution in [1.29, 1.82) is 5.26 Å². The molecule has 0 N–H and O–H groups in total. The first kappa shape index (κ1) is 12.2. The van der Waals surface area contributed by atoms with E-state index in [1.165, 1.54) is 0 Å². The van der Waals surface area contributed by atoms with Gasteiger partial charge in [-0.05, 0) is 27.2 Å². The summed E-state index contributed by atoms with van der Waals surface area (Å²) < 4.78 is 10.9. The highest BCUT2D eigenvalue weighted by molar-refractivity contribution is 5.69. The van der Waals surface area contributed by atoms with Gasteiger partial charge in [0.15, 0.2) is 0 Å². The Morgan fingerprint density at radius 3 is 2.71 bits per heavy atom. The SMILES string of the molecule is CC(C)(C)OC(=O)N1CC2(C1)OCCC2C#N. The molecule has 1 amide bonds. The summed E-state index contributed by atoms with van der Waals surface area (Å²) in [6.45, 7) is 7.07. The Hall–Kier alpha value is -1.28. The lowest BCUT2D eigenvalue weighted by atomic mass is 9.82. The average molecular weight is 238 g/mol. The molecule has 1 spiro atoms. The van der Waals surface area contributed by atoms with Crippen LogP contribution in [0.5, 0.6) is 0 Å². The third kappa shape index (κ3) is 2.22. The van der Waals surface area contributed by atoms with E-state index in [4.69, 9.17) is 14.7 Å². The van der Waals surface area contributed by atoms with E-state index < -0.39 is 11.2 Å². The smallest absolute Gasteiger partial charge is 0.410 e. The number of carbonyl (C=O) groups excluding carboxylic acids is 1. The third-order valence-corrected chi connectivity index (χ3v) is 3.16. The molecule has 0 saturated carbocycles. The quantitative estimate of drug-likeness (QED) is 0.642. The molecule has 0 aliphatic carbocycles.